The number of nitrogen functional groups attached to an aromatic ring is 1. The molecule has 1 aromatic carbocycles. The van der Waals surface area contributed by atoms with Crippen molar-refractivity contribution in [2.75, 3.05) is 5.73 Å². The highest BCUT2D eigenvalue weighted by Crippen LogP contribution is 2.34. The lowest BCUT2D eigenvalue weighted by molar-refractivity contribution is -0.141. The standard InChI is InChI=1S/C21H25F3N6O3S/c1-20(2,31)8-4-5-12-6-7-13(34(26,32)33)9-14(12)15-11-27-19(25)18(28-15)16-10-17(21(22,23)24)29-30(16)3/h6-7,9-11,31H,4-5,8H2,1-3H3,(H2,25,27)(H2,26,32,33). The van der Waals surface area contributed by atoms with Gasteiger partial charge in [-0.25, -0.2) is 23.5 Å². The van der Waals surface area contributed by atoms with E-state index < -0.39 is 27.5 Å². The Kier molecular flexibility index (Phi) is 6.75. The summed E-state index contributed by atoms with van der Waals surface area (Å²) in [5.74, 6) is -0.119. The Morgan fingerprint density at radius 3 is 2.41 bits per heavy atom. The lowest BCUT2D eigenvalue weighted by Gasteiger charge is -2.17. The first-order chi connectivity index (χ1) is 15.6. The summed E-state index contributed by atoms with van der Waals surface area (Å²) in [7, 11) is -2.71. The van der Waals surface area contributed by atoms with Crippen LogP contribution in [0.25, 0.3) is 22.6 Å². The van der Waals surface area contributed by atoms with E-state index in [1.807, 2.05) is 0 Å². The molecule has 34 heavy (non-hydrogen) atoms. The van der Waals surface area contributed by atoms with Gasteiger partial charge in [0.2, 0.25) is 10.0 Å². The van der Waals surface area contributed by atoms with Gasteiger partial charge in [0.1, 0.15) is 5.69 Å². The number of benzene rings is 1. The minimum absolute atomic E-state index is 0.00893. The maximum atomic E-state index is 13.1. The number of rotatable bonds is 7. The van der Waals surface area contributed by atoms with Crippen molar-refractivity contribution in [3.8, 4) is 22.6 Å². The lowest BCUT2D eigenvalue weighted by atomic mass is 9.95. The normalized spacial score (nSPS) is 12.8. The highest BCUT2D eigenvalue weighted by atomic mass is 32.2. The lowest BCUT2D eigenvalue weighted by Crippen LogP contribution is -2.18. The molecule has 0 aliphatic heterocycles. The third-order valence-electron chi connectivity index (χ3n) is 5.13. The van der Waals surface area contributed by atoms with Gasteiger partial charge in [0.25, 0.3) is 0 Å². The largest absolute Gasteiger partial charge is 0.435 e. The summed E-state index contributed by atoms with van der Waals surface area (Å²) in [5, 5.41) is 18.8. The zero-order chi connectivity index (χ0) is 25.5. The van der Waals surface area contributed by atoms with Crippen molar-refractivity contribution in [3.63, 3.8) is 0 Å². The van der Waals surface area contributed by atoms with Gasteiger partial charge in [-0.3, -0.25) is 4.68 Å². The van der Waals surface area contributed by atoms with Crippen LogP contribution in [0.1, 0.15) is 37.9 Å². The number of hydrogen-bond acceptors (Lipinski definition) is 7. The first-order valence-corrected chi connectivity index (χ1v) is 11.7. The van der Waals surface area contributed by atoms with E-state index in [4.69, 9.17) is 10.9 Å². The fourth-order valence-corrected chi connectivity index (χ4v) is 3.98. The molecule has 0 amide bonds. The van der Waals surface area contributed by atoms with E-state index in [9.17, 15) is 26.7 Å². The topological polar surface area (TPSA) is 150 Å². The quantitative estimate of drug-likeness (QED) is 0.453. The Morgan fingerprint density at radius 1 is 1.18 bits per heavy atom. The fraction of sp³-hybridized carbons (Fsp3) is 0.381. The smallest absolute Gasteiger partial charge is 0.390 e. The molecule has 0 radical (unpaired) electrons. The van der Waals surface area contributed by atoms with Crippen LogP contribution >= 0.6 is 0 Å². The number of nitrogens with zero attached hydrogens (tertiary/aromatic N) is 4. The van der Waals surface area contributed by atoms with E-state index in [-0.39, 0.29) is 27.8 Å². The van der Waals surface area contributed by atoms with Crippen molar-refractivity contribution in [2.24, 2.45) is 12.2 Å². The highest BCUT2D eigenvalue weighted by molar-refractivity contribution is 7.89. The van der Waals surface area contributed by atoms with Crippen molar-refractivity contribution >= 4 is 15.8 Å². The second-order valence-corrected chi connectivity index (χ2v) is 10.1. The molecule has 0 bridgehead atoms. The van der Waals surface area contributed by atoms with Crippen molar-refractivity contribution in [2.45, 2.75) is 49.8 Å². The summed E-state index contributed by atoms with van der Waals surface area (Å²) in [6.07, 6.45) is -1.82. The van der Waals surface area contributed by atoms with E-state index in [1.54, 1.807) is 19.9 Å². The van der Waals surface area contributed by atoms with E-state index in [2.05, 4.69) is 15.1 Å². The Hall–Kier alpha value is -3.03. The third-order valence-corrected chi connectivity index (χ3v) is 6.05. The third kappa shape index (κ3) is 5.90. The number of nitrogens with two attached hydrogens (primary N) is 2. The number of halogens is 3. The molecule has 0 saturated carbocycles. The summed E-state index contributed by atoms with van der Waals surface area (Å²) in [5.41, 5.74) is 5.15. The number of primary sulfonamides is 1. The Labute approximate surface area is 194 Å². The van der Waals surface area contributed by atoms with Gasteiger partial charge in [-0.05, 0) is 56.9 Å². The summed E-state index contributed by atoms with van der Waals surface area (Å²) in [4.78, 5) is 8.32. The fourth-order valence-electron chi connectivity index (χ4n) is 3.44. The van der Waals surface area contributed by atoms with E-state index in [0.717, 1.165) is 10.7 Å². The molecular weight excluding hydrogens is 473 g/mol. The van der Waals surface area contributed by atoms with Gasteiger partial charge >= 0.3 is 6.18 Å². The molecule has 3 rings (SSSR count). The van der Waals surface area contributed by atoms with Crippen LogP contribution in [0.15, 0.2) is 35.4 Å². The van der Waals surface area contributed by atoms with Crippen LogP contribution in [0, 0.1) is 0 Å². The van der Waals surface area contributed by atoms with Crippen LogP contribution in [0.5, 0.6) is 0 Å². The second-order valence-electron chi connectivity index (χ2n) is 8.56. The van der Waals surface area contributed by atoms with Crippen LogP contribution in [0.3, 0.4) is 0 Å². The second kappa shape index (κ2) is 8.96. The number of sulfonamides is 1. The molecule has 0 aliphatic rings. The average Bonchev–Trinajstić information content (AvgIpc) is 3.09. The monoisotopic (exact) mass is 498 g/mol. The van der Waals surface area contributed by atoms with Crippen molar-refractivity contribution in [3.05, 3.63) is 41.7 Å². The molecule has 0 spiro atoms. The number of aromatic nitrogens is 4. The summed E-state index contributed by atoms with van der Waals surface area (Å²) in [6.45, 7) is 3.36. The van der Waals surface area contributed by atoms with Crippen LogP contribution in [-0.2, 0) is 29.7 Å². The molecule has 5 N–H and O–H groups in total. The number of aryl methyl sites for hydroxylation is 2. The minimum atomic E-state index is -4.66. The van der Waals surface area contributed by atoms with Crippen LogP contribution in [-0.4, -0.2) is 38.9 Å². The highest BCUT2D eigenvalue weighted by Gasteiger charge is 2.35. The van der Waals surface area contributed by atoms with Gasteiger partial charge in [-0.2, -0.15) is 18.3 Å². The van der Waals surface area contributed by atoms with Gasteiger partial charge in [-0.1, -0.05) is 6.07 Å². The van der Waals surface area contributed by atoms with Gasteiger partial charge in [0.05, 0.1) is 28.1 Å². The van der Waals surface area contributed by atoms with Crippen molar-refractivity contribution < 1.29 is 26.7 Å². The van der Waals surface area contributed by atoms with E-state index in [1.165, 1.54) is 25.4 Å². The predicted octanol–water partition coefficient (Wildman–Crippen LogP) is 2.89. The molecule has 0 fully saturated rings. The van der Waals surface area contributed by atoms with Gasteiger partial charge in [0, 0.05) is 12.6 Å². The number of hydrogen-bond donors (Lipinski definition) is 3. The first kappa shape index (κ1) is 25.6. The zero-order valence-electron chi connectivity index (χ0n) is 18.8. The van der Waals surface area contributed by atoms with Gasteiger partial charge < -0.3 is 10.8 Å². The molecule has 184 valence electrons. The number of anilines is 1. The van der Waals surface area contributed by atoms with Crippen LogP contribution in [0.2, 0.25) is 0 Å². The molecule has 0 atom stereocenters. The Morgan fingerprint density at radius 2 is 1.85 bits per heavy atom. The maximum Gasteiger partial charge on any atom is 0.435 e. The zero-order valence-corrected chi connectivity index (χ0v) is 19.6. The van der Waals surface area contributed by atoms with Gasteiger partial charge in [-0.15, -0.1) is 0 Å². The van der Waals surface area contributed by atoms with Crippen molar-refractivity contribution in [1.29, 1.82) is 0 Å². The molecular formula is C21H25F3N6O3S. The molecule has 2 heterocycles. The molecule has 2 aromatic heterocycles. The molecule has 9 nitrogen and oxygen atoms in total. The minimum Gasteiger partial charge on any atom is -0.390 e. The van der Waals surface area contributed by atoms with E-state index in [0.29, 0.717) is 30.4 Å². The summed E-state index contributed by atoms with van der Waals surface area (Å²) >= 11 is 0. The average molecular weight is 499 g/mol. The molecule has 0 saturated heterocycles. The Balaban J connectivity index is 2.12. The maximum absolute atomic E-state index is 13.1. The van der Waals surface area contributed by atoms with Crippen LogP contribution in [0.4, 0.5) is 19.0 Å². The molecule has 13 heteroatoms. The first-order valence-electron chi connectivity index (χ1n) is 10.2. The van der Waals surface area contributed by atoms with Crippen LogP contribution < -0.4 is 10.9 Å². The summed E-state index contributed by atoms with van der Waals surface area (Å²) < 4.78 is 64.2. The SMILES string of the molecule is Cn1nc(C(F)(F)F)cc1-c1nc(-c2cc(S(N)(=O)=O)ccc2CCCC(C)(C)O)cnc1N. The van der Waals surface area contributed by atoms with E-state index >= 15 is 0 Å². The Bertz CT molecular complexity index is 1310. The molecule has 3 aromatic rings. The summed E-state index contributed by atoms with van der Waals surface area (Å²) in [6, 6.07) is 5.10. The number of aliphatic hydroxyl groups is 1. The van der Waals surface area contributed by atoms with Gasteiger partial charge in [0.15, 0.2) is 11.5 Å². The molecule has 0 unspecified atom stereocenters. The number of alkyl halides is 3. The van der Waals surface area contributed by atoms with Crippen molar-refractivity contribution in [1.82, 2.24) is 19.7 Å². The predicted molar refractivity (Wildman–Crippen MR) is 120 cm³/mol. The molecule has 0 aliphatic carbocycles.